The first-order valence-electron chi connectivity index (χ1n) is 7.82. The molecule has 1 heterocycles. The molecule has 3 unspecified atom stereocenters. The topological polar surface area (TPSA) is 79.5 Å². The molecule has 6 heteroatoms. The molecule has 1 aliphatic heterocycles. The van der Waals surface area contributed by atoms with Crippen molar-refractivity contribution in [2.45, 2.75) is 45.7 Å². The third-order valence-electron chi connectivity index (χ3n) is 3.66. The van der Waals surface area contributed by atoms with Crippen LogP contribution in [0.15, 0.2) is 0 Å². The normalized spacial score (nSPS) is 23.1. The molecule has 0 bridgehead atoms. The lowest BCUT2D eigenvalue weighted by atomic mass is 9.99. The van der Waals surface area contributed by atoms with E-state index >= 15 is 0 Å². The SMILES string of the molecule is CCCNC1COCC1C(=O)NC(CC(C)C)C(=O)NC. The first-order chi connectivity index (χ1) is 9.99. The summed E-state index contributed by atoms with van der Waals surface area (Å²) in [5, 5.41) is 8.82. The van der Waals surface area contributed by atoms with Gasteiger partial charge >= 0.3 is 0 Å². The third kappa shape index (κ3) is 5.63. The Kier molecular flexibility index (Phi) is 7.67. The van der Waals surface area contributed by atoms with E-state index in [1.165, 1.54) is 0 Å². The molecule has 21 heavy (non-hydrogen) atoms. The van der Waals surface area contributed by atoms with Crippen LogP contribution in [0.1, 0.15) is 33.6 Å². The molecular weight excluding hydrogens is 270 g/mol. The molecule has 3 N–H and O–H groups in total. The second kappa shape index (κ2) is 9.00. The summed E-state index contributed by atoms with van der Waals surface area (Å²) in [5.41, 5.74) is 0. The smallest absolute Gasteiger partial charge is 0.242 e. The van der Waals surface area contributed by atoms with Crippen molar-refractivity contribution in [3.63, 3.8) is 0 Å². The predicted molar refractivity (Wildman–Crippen MR) is 81.8 cm³/mol. The second-order valence-corrected chi connectivity index (χ2v) is 6.01. The van der Waals surface area contributed by atoms with E-state index in [2.05, 4.69) is 22.9 Å². The Balaban J connectivity index is 2.60. The van der Waals surface area contributed by atoms with Crippen LogP contribution in [-0.4, -0.2) is 50.7 Å². The van der Waals surface area contributed by atoms with Gasteiger partial charge in [-0.25, -0.2) is 0 Å². The number of hydrogen-bond donors (Lipinski definition) is 3. The van der Waals surface area contributed by atoms with E-state index in [1.807, 2.05) is 13.8 Å². The largest absolute Gasteiger partial charge is 0.379 e. The number of ether oxygens (including phenoxy) is 1. The fraction of sp³-hybridized carbons (Fsp3) is 0.867. The highest BCUT2D eigenvalue weighted by Crippen LogP contribution is 2.15. The molecule has 0 radical (unpaired) electrons. The molecule has 6 nitrogen and oxygen atoms in total. The minimum Gasteiger partial charge on any atom is -0.379 e. The maximum Gasteiger partial charge on any atom is 0.242 e. The maximum atomic E-state index is 12.4. The zero-order valence-corrected chi connectivity index (χ0v) is 13.6. The first kappa shape index (κ1) is 17.9. The van der Waals surface area contributed by atoms with Gasteiger partial charge in [0, 0.05) is 13.1 Å². The molecular formula is C15H29N3O3. The van der Waals surface area contributed by atoms with E-state index in [0.717, 1.165) is 13.0 Å². The standard InChI is InChI=1S/C15H29N3O3/c1-5-6-17-13-9-21-8-11(13)14(19)18-12(7-10(2)3)15(20)16-4/h10-13,17H,5-9H2,1-4H3,(H,16,20)(H,18,19). The van der Waals surface area contributed by atoms with Crippen LogP contribution in [0.5, 0.6) is 0 Å². The molecule has 2 amide bonds. The van der Waals surface area contributed by atoms with Crippen LogP contribution >= 0.6 is 0 Å². The highest BCUT2D eigenvalue weighted by atomic mass is 16.5. The lowest BCUT2D eigenvalue weighted by Crippen LogP contribution is -2.51. The summed E-state index contributed by atoms with van der Waals surface area (Å²) in [6.45, 7) is 7.98. The Morgan fingerprint density at radius 3 is 2.57 bits per heavy atom. The second-order valence-electron chi connectivity index (χ2n) is 6.01. The van der Waals surface area contributed by atoms with E-state index in [1.54, 1.807) is 7.05 Å². The number of carbonyl (C=O) groups excluding carboxylic acids is 2. The van der Waals surface area contributed by atoms with Crippen molar-refractivity contribution in [3.8, 4) is 0 Å². The van der Waals surface area contributed by atoms with Gasteiger partial charge < -0.3 is 20.7 Å². The summed E-state index contributed by atoms with van der Waals surface area (Å²) >= 11 is 0. The maximum absolute atomic E-state index is 12.4. The zero-order valence-electron chi connectivity index (χ0n) is 13.6. The Morgan fingerprint density at radius 2 is 2.00 bits per heavy atom. The van der Waals surface area contributed by atoms with Gasteiger partial charge in [-0.1, -0.05) is 20.8 Å². The zero-order chi connectivity index (χ0) is 15.8. The Morgan fingerprint density at radius 1 is 1.29 bits per heavy atom. The van der Waals surface area contributed by atoms with Gasteiger partial charge in [-0.15, -0.1) is 0 Å². The molecule has 122 valence electrons. The summed E-state index contributed by atoms with van der Waals surface area (Å²) in [5.74, 6) is -0.137. The molecule has 3 atom stereocenters. The van der Waals surface area contributed by atoms with Gasteiger partial charge in [0.25, 0.3) is 0 Å². The third-order valence-corrected chi connectivity index (χ3v) is 3.66. The molecule has 0 aromatic carbocycles. The van der Waals surface area contributed by atoms with Gasteiger partial charge in [0.05, 0.1) is 19.1 Å². The van der Waals surface area contributed by atoms with E-state index < -0.39 is 6.04 Å². The van der Waals surface area contributed by atoms with Crippen LogP contribution in [0.4, 0.5) is 0 Å². The van der Waals surface area contributed by atoms with Crippen molar-refractivity contribution in [2.75, 3.05) is 26.8 Å². The van der Waals surface area contributed by atoms with Gasteiger partial charge in [0.15, 0.2) is 0 Å². The molecule has 0 aromatic heterocycles. The quantitative estimate of drug-likeness (QED) is 0.601. The van der Waals surface area contributed by atoms with Crippen LogP contribution in [0.2, 0.25) is 0 Å². The monoisotopic (exact) mass is 299 g/mol. The van der Waals surface area contributed by atoms with Crippen LogP contribution in [0.25, 0.3) is 0 Å². The summed E-state index contributed by atoms with van der Waals surface area (Å²) in [7, 11) is 1.59. The van der Waals surface area contributed by atoms with Gasteiger partial charge in [0.2, 0.25) is 11.8 Å². The summed E-state index contributed by atoms with van der Waals surface area (Å²) in [6, 6.07) is -0.440. The van der Waals surface area contributed by atoms with Crippen LogP contribution in [-0.2, 0) is 14.3 Å². The number of carbonyl (C=O) groups is 2. The lowest BCUT2D eigenvalue weighted by molar-refractivity contribution is -0.131. The van der Waals surface area contributed by atoms with Gasteiger partial charge in [-0.2, -0.15) is 0 Å². The molecule has 0 saturated carbocycles. The average Bonchev–Trinajstić information content (AvgIpc) is 2.91. The van der Waals surface area contributed by atoms with Crippen molar-refractivity contribution in [1.82, 2.24) is 16.0 Å². The van der Waals surface area contributed by atoms with Crippen molar-refractivity contribution < 1.29 is 14.3 Å². The predicted octanol–water partition coefficient (Wildman–Crippen LogP) is 0.278. The molecule has 0 aromatic rings. The summed E-state index contributed by atoms with van der Waals surface area (Å²) in [6.07, 6.45) is 1.64. The lowest BCUT2D eigenvalue weighted by Gasteiger charge is -2.23. The van der Waals surface area contributed by atoms with Gasteiger partial charge in [-0.05, 0) is 25.3 Å². The highest BCUT2D eigenvalue weighted by Gasteiger charge is 2.35. The summed E-state index contributed by atoms with van der Waals surface area (Å²) in [4.78, 5) is 24.3. The Hall–Kier alpha value is -1.14. The van der Waals surface area contributed by atoms with Gasteiger partial charge in [-0.3, -0.25) is 9.59 Å². The number of nitrogens with one attached hydrogen (secondary N) is 3. The average molecular weight is 299 g/mol. The molecule has 1 rings (SSSR count). The Bertz CT molecular complexity index is 347. The van der Waals surface area contributed by atoms with E-state index in [0.29, 0.717) is 25.6 Å². The molecule has 0 spiro atoms. The number of amides is 2. The highest BCUT2D eigenvalue weighted by molar-refractivity contribution is 5.88. The van der Waals surface area contributed by atoms with Crippen molar-refractivity contribution in [2.24, 2.45) is 11.8 Å². The first-order valence-corrected chi connectivity index (χ1v) is 7.82. The fourth-order valence-electron chi connectivity index (χ4n) is 2.50. The summed E-state index contributed by atoms with van der Waals surface area (Å²) < 4.78 is 5.41. The number of rotatable bonds is 8. The van der Waals surface area contributed by atoms with Crippen molar-refractivity contribution in [1.29, 1.82) is 0 Å². The molecule has 1 aliphatic rings. The van der Waals surface area contributed by atoms with E-state index in [-0.39, 0.29) is 23.8 Å². The minimum absolute atomic E-state index is 0.0364. The van der Waals surface area contributed by atoms with Gasteiger partial charge in [0.1, 0.15) is 6.04 Å². The molecule has 0 aliphatic carbocycles. The fourth-order valence-corrected chi connectivity index (χ4v) is 2.50. The number of hydrogen-bond acceptors (Lipinski definition) is 4. The van der Waals surface area contributed by atoms with Crippen LogP contribution < -0.4 is 16.0 Å². The minimum atomic E-state index is -0.477. The molecule has 1 fully saturated rings. The van der Waals surface area contributed by atoms with Crippen molar-refractivity contribution in [3.05, 3.63) is 0 Å². The number of likely N-dealkylation sites (N-methyl/N-ethyl adjacent to an activating group) is 1. The van der Waals surface area contributed by atoms with E-state index in [9.17, 15) is 9.59 Å². The Labute approximate surface area is 127 Å². The van der Waals surface area contributed by atoms with Crippen LogP contribution in [0, 0.1) is 11.8 Å². The van der Waals surface area contributed by atoms with Crippen LogP contribution in [0.3, 0.4) is 0 Å². The van der Waals surface area contributed by atoms with Crippen molar-refractivity contribution >= 4 is 11.8 Å². The molecule has 1 saturated heterocycles. The van der Waals surface area contributed by atoms with E-state index in [4.69, 9.17) is 4.74 Å².